The maximum Gasteiger partial charge on any atom is 0.262 e. The largest absolute Gasteiger partial charge is 0.385 e. The standard InChI is InChI=1S/C30H30FN5O2S/c31-22-11-9-20(10-12-22)19-36-26-8-4-3-7-25(26)32-28(36)27(37)21-13-15-34(16-14-21)17-18-35-29(38)23-5-1-2-6-24(23)33-30(35)39/h1-12,21,27,37H,13-19H2,(H,33,39). The second-order valence-electron chi connectivity index (χ2n) is 10.2. The van der Waals surface area contributed by atoms with Crippen LogP contribution in [0.3, 0.4) is 0 Å². The summed E-state index contributed by atoms with van der Waals surface area (Å²) in [5.41, 5.74) is 3.42. The first-order chi connectivity index (χ1) is 19.0. The lowest BCUT2D eigenvalue weighted by atomic mass is 9.90. The molecule has 1 aliphatic heterocycles. The number of benzene rings is 3. The maximum atomic E-state index is 13.5. The Morgan fingerprint density at radius 1 is 0.974 bits per heavy atom. The van der Waals surface area contributed by atoms with E-state index >= 15 is 0 Å². The average molecular weight is 544 g/mol. The number of hydrogen-bond donors (Lipinski definition) is 2. The number of para-hydroxylation sites is 3. The molecule has 0 saturated carbocycles. The SMILES string of the molecule is O=c1c2ccccc2[nH]c(=S)n1CCN1CCC(C(O)c2nc3ccccc3n2Cc2ccc(F)cc2)CC1. The number of aromatic amines is 1. The Bertz CT molecular complexity index is 1730. The van der Waals surface area contributed by atoms with Gasteiger partial charge in [0.05, 0.1) is 21.9 Å². The van der Waals surface area contributed by atoms with Crippen LogP contribution in [-0.2, 0) is 13.1 Å². The van der Waals surface area contributed by atoms with Crippen LogP contribution >= 0.6 is 12.2 Å². The van der Waals surface area contributed by atoms with Crippen LogP contribution < -0.4 is 5.56 Å². The molecule has 1 atom stereocenters. The molecule has 5 aromatic rings. The van der Waals surface area contributed by atoms with Crippen LogP contribution in [-0.4, -0.2) is 48.7 Å². The average Bonchev–Trinajstić information content (AvgIpc) is 3.32. The zero-order chi connectivity index (χ0) is 26.9. The van der Waals surface area contributed by atoms with Crippen LogP contribution in [0, 0.1) is 16.5 Å². The highest BCUT2D eigenvalue weighted by molar-refractivity contribution is 7.71. The Balaban J connectivity index is 1.15. The van der Waals surface area contributed by atoms with Gasteiger partial charge < -0.3 is 19.6 Å². The second-order valence-corrected chi connectivity index (χ2v) is 10.6. The number of likely N-dealkylation sites (tertiary alicyclic amines) is 1. The number of halogens is 1. The summed E-state index contributed by atoms with van der Waals surface area (Å²) in [6.07, 6.45) is 0.929. The van der Waals surface area contributed by atoms with Crippen LogP contribution in [0.25, 0.3) is 21.9 Å². The molecule has 1 unspecified atom stereocenters. The smallest absolute Gasteiger partial charge is 0.262 e. The van der Waals surface area contributed by atoms with E-state index in [1.54, 1.807) is 16.7 Å². The van der Waals surface area contributed by atoms with E-state index < -0.39 is 6.10 Å². The molecule has 0 amide bonds. The number of rotatable bonds is 7. The molecule has 1 aliphatic rings. The Hall–Kier alpha value is -3.66. The highest BCUT2D eigenvalue weighted by atomic mass is 32.1. The van der Waals surface area contributed by atoms with Gasteiger partial charge in [0.25, 0.3) is 5.56 Å². The van der Waals surface area contributed by atoms with E-state index in [0.717, 1.165) is 48.0 Å². The first kappa shape index (κ1) is 25.6. The molecule has 0 spiro atoms. The molecule has 3 heterocycles. The zero-order valence-corrected chi connectivity index (χ0v) is 22.3. The molecule has 9 heteroatoms. The third kappa shape index (κ3) is 5.17. The minimum absolute atomic E-state index is 0.0660. The maximum absolute atomic E-state index is 13.5. The van der Waals surface area contributed by atoms with Crippen LogP contribution in [0.4, 0.5) is 4.39 Å². The van der Waals surface area contributed by atoms with Gasteiger partial charge in [-0.3, -0.25) is 9.36 Å². The molecule has 39 heavy (non-hydrogen) atoms. The molecule has 2 N–H and O–H groups in total. The Morgan fingerprint density at radius 3 is 2.49 bits per heavy atom. The molecule has 3 aromatic carbocycles. The first-order valence-electron chi connectivity index (χ1n) is 13.3. The molecular formula is C30H30FN5O2S. The van der Waals surface area contributed by atoms with Crippen molar-refractivity contribution in [1.82, 2.24) is 24.0 Å². The highest BCUT2D eigenvalue weighted by Gasteiger charge is 2.30. The van der Waals surface area contributed by atoms with Gasteiger partial charge in [0, 0.05) is 19.6 Å². The fourth-order valence-corrected chi connectivity index (χ4v) is 5.89. The summed E-state index contributed by atoms with van der Waals surface area (Å²) >= 11 is 5.46. The summed E-state index contributed by atoms with van der Waals surface area (Å²) in [6.45, 7) is 3.37. The van der Waals surface area contributed by atoms with E-state index in [0.29, 0.717) is 35.6 Å². The molecule has 1 fully saturated rings. The van der Waals surface area contributed by atoms with Gasteiger partial charge in [0.2, 0.25) is 0 Å². The first-order valence-corrected chi connectivity index (χ1v) is 13.7. The van der Waals surface area contributed by atoms with Gasteiger partial charge in [-0.25, -0.2) is 9.37 Å². The van der Waals surface area contributed by atoms with Crippen molar-refractivity contribution in [3.8, 4) is 0 Å². The van der Waals surface area contributed by atoms with Gasteiger partial charge in [-0.05, 0) is 86.0 Å². The predicted octanol–water partition coefficient (Wildman–Crippen LogP) is 5.04. The predicted molar refractivity (Wildman–Crippen MR) is 153 cm³/mol. The lowest BCUT2D eigenvalue weighted by Crippen LogP contribution is -2.39. The third-order valence-corrected chi connectivity index (χ3v) is 8.13. The molecular weight excluding hydrogens is 513 g/mol. The number of imidazole rings is 1. The normalized spacial score (nSPS) is 15.7. The van der Waals surface area contributed by atoms with Crippen LogP contribution in [0.5, 0.6) is 0 Å². The fraction of sp³-hybridized carbons (Fsp3) is 0.300. The number of piperidine rings is 1. The molecule has 0 bridgehead atoms. The van der Waals surface area contributed by atoms with E-state index in [9.17, 15) is 14.3 Å². The van der Waals surface area contributed by atoms with Crippen molar-refractivity contribution in [1.29, 1.82) is 0 Å². The summed E-state index contributed by atoms with van der Waals surface area (Å²) in [6, 6.07) is 21.7. The van der Waals surface area contributed by atoms with Crippen molar-refractivity contribution < 1.29 is 9.50 Å². The van der Waals surface area contributed by atoms with Gasteiger partial charge in [0.15, 0.2) is 4.77 Å². The molecule has 6 rings (SSSR count). The summed E-state index contributed by atoms with van der Waals surface area (Å²) < 4.78 is 17.6. The number of H-pyrrole nitrogens is 1. The summed E-state index contributed by atoms with van der Waals surface area (Å²) in [4.78, 5) is 23.3. The molecule has 1 saturated heterocycles. The number of aliphatic hydroxyl groups excluding tert-OH is 1. The van der Waals surface area contributed by atoms with E-state index in [1.807, 2.05) is 53.1 Å². The van der Waals surface area contributed by atoms with Crippen LogP contribution in [0.2, 0.25) is 0 Å². The Kier molecular flexibility index (Phi) is 7.12. The monoisotopic (exact) mass is 543 g/mol. The van der Waals surface area contributed by atoms with E-state index in [-0.39, 0.29) is 17.3 Å². The topological polar surface area (TPSA) is 79.1 Å². The number of nitrogens with one attached hydrogen (secondary N) is 1. The molecule has 0 radical (unpaired) electrons. The number of nitrogens with zero attached hydrogens (tertiary/aromatic N) is 4. The quantitative estimate of drug-likeness (QED) is 0.281. The lowest BCUT2D eigenvalue weighted by molar-refractivity contribution is 0.0501. The minimum Gasteiger partial charge on any atom is -0.385 e. The van der Waals surface area contributed by atoms with Gasteiger partial charge in [-0.15, -0.1) is 0 Å². The van der Waals surface area contributed by atoms with Crippen LogP contribution in [0.15, 0.2) is 77.6 Å². The highest BCUT2D eigenvalue weighted by Crippen LogP contribution is 2.32. The van der Waals surface area contributed by atoms with Crippen molar-refractivity contribution in [2.24, 2.45) is 5.92 Å². The van der Waals surface area contributed by atoms with Gasteiger partial charge in [0.1, 0.15) is 17.7 Å². The van der Waals surface area contributed by atoms with Crippen molar-refractivity contribution in [2.75, 3.05) is 19.6 Å². The van der Waals surface area contributed by atoms with Crippen molar-refractivity contribution >= 4 is 34.2 Å². The number of fused-ring (bicyclic) bond motifs is 2. The minimum atomic E-state index is -0.711. The van der Waals surface area contributed by atoms with Gasteiger partial charge >= 0.3 is 0 Å². The summed E-state index contributed by atoms with van der Waals surface area (Å²) in [5.74, 6) is 0.443. The van der Waals surface area contributed by atoms with Gasteiger partial charge in [-0.2, -0.15) is 0 Å². The van der Waals surface area contributed by atoms with Gasteiger partial charge in [-0.1, -0.05) is 36.4 Å². The fourth-order valence-electron chi connectivity index (χ4n) is 5.61. The summed E-state index contributed by atoms with van der Waals surface area (Å²) in [7, 11) is 0. The molecule has 200 valence electrons. The molecule has 0 aliphatic carbocycles. The zero-order valence-electron chi connectivity index (χ0n) is 21.5. The van der Waals surface area contributed by atoms with Crippen molar-refractivity contribution in [3.05, 3.63) is 105 Å². The van der Waals surface area contributed by atoms with E-state index in [1.165, 1.54) is 12.1 Å². The summed E-state index contributed by atoms with van der Waals surface area (Å²) in [5, 5.41) is 12.1. The van der Waals surface area contributed by atoms with Crippen molar-refractivity contribution in [2.45, 2.75) is 32.0 Å². The lowest BCUT2D eigenvalue weighted by Gasteiger charge is -2.34. The van der Waals surface area contributed by atoms with E-state index in [4.69, 9.17) is 17.2 Å². The van der Waals surface area contributed by atoms with Crippen molar-refractivity contribution in [3.63, 3.8) is 0 Å². The third-order valence-electron chi connectivity index (χ3n) is 7.81. The number of hydrogen-bond acceptors (Lipinski definition) is 5. The Labute approximate surface area is 230 Å². The van der Waals surface area contributed by atoms with Crippen LogP contribution in [0.1, 0.15) is 30.3 Å². The second kappa shape index (κ2) is 10.8. The Morgan fingerprint density at radius 2 is 1.69 bits per heavy atom. The van der Waals surface area contributed by atoms with E-state index in [2.05, 4.69) is 9.88 Å². The molecule has 7 nitrogen and oxygen atoms in total. The number of aromatic nitrogens is 4. The molecule has 2 aromatic heterocycles. The number of aliphatic hydroxyl groups is 1.